The lowest BCUT2D eigenvalue weighted by Crippen LogP contribution is -2.46. The highest BCUT2D eigenvalue weighted by Crippen LogP contribution is 2.36. The van der Waals surface area contributed by atoms with Crippen LogP contribution in [0.4, 0.5) is 0 Å². The van der Waals surface area contributed by atoms with E-state index < -0.39 is 0 Å². The van der Waals surface area contributed by atoms with Gasteiger partial charge in [0.25, 0.3) is 0 Å². The van der Waals surface area contributed by atoms with E-state index in [4.69, 9.17) is 11.1 Å². The Labute approximate surface area is 132 Å². The predicted molar refractivity (Wildman–Crippen MR) is 86.7 cm³/mol. The topological polar surface area (TPSA) is 103 Å². The van der Waals surface area contributed by atoms with E-state index in [9.17, 15) is 4.79 Å². The zero-order chi connectivity index (χ0) is 15.5. The summed E-state index contributed by atoms with van der Waals surface area (Å²) in [6.07, 6.45) is 6.25. The largest absolute Gasteiger partial charge is 0.387 e. The smallest absolute Gasteiger partial charge is 0.237 e. The molecule has 3 rings (SSSR count). The number of hydrogen-bond donors (Lipinski definition) is 5. The molecule has 0 radical (unpaired) electrons. The maximum absolute atomic E-state index is 12.4. The van der Waals surface area contributed by atoms with Crippen LogP contribution in [0.5, 0.6) is 0 Å². The molecule has 4 unspecified atom stereocenters. The second-order valence-corrected chi connectivity index (χ2v) is 7.23. The van der Waals surface area contributed by atoms with E-state index in [0.717, 1.165) is 58.2 Å². The van der Waals surface area contributed by atoms with Crippen LogP contribution in [0.3, 0.4) is 0 Å². The van der Waals surface area contributed by atoms with E-state index >= 15 is 0 Å². The highest BCUT2D eigenvalue weighted by atomic mass is 16.2. The second kappa shape index (κ2) is 6.96. The lowest BCUT2D eigenvalue weighted by atomic mass is 9.78. The van der Waals surface area contributed by atoms with Gasteiger partial charge >= 0.3 is 0 Å². The van der Waals surface area contributed by atoms with E-state index in [2.05, 4.69) is 16.0 Å². The molecule has 1 aliphatic carbocycles. The Kier molecular flexibility index (Phi) is 4.98. The fourth-order valence-electron chi connectivity index (χ4n) is 4.27. The third-order valence-electron chi connectivity index (χ3n) is 5.73. The molecule has 0 aromatic heterocycles. The average molecular weight is 307 g/mol. The van der Waals surface area contributed by atoms with Gasteiger partial charge in [0.05, 0.1) is 11.9 Å². The van der Waals surface area contributed by atoms with Crippen molar-refractivity contribution < 1.29 is 4.79 Å². The van der Waals surface area contributed by atoms with Gasteiger partial charge in [-0.3, -0.25) is 10.2 Å². The first-order valence-electron chi connectivity index (χ1n) is 8.72. The molecule has 1 amide bonds. The third-order valence-corrected chi connectivity index (χ3v) is 5.73. The molecule has 6 nitrogen and oxygen atoms in total. The van der Waals surface area contributed by atoms with Gasteiger partial charge in [0.1, 0.15) is 0 Å². The van der Waals surface area contributed by atoms with Gasteiger partial charge in [-0.25, -0.2) is 0 Å². The number of hydrogen-bond acceptors (Lipinski definition) is 4. The Hall–Kier alpha value is -1.14. The van der Waals surface area contributed by atoms with Gasteiger partial charge in [-0.15, -0.1) is 0 Å². The number of rotatable bonds is 4. The van der Waals surface area contributed by atoms with E-state index in [0.29, 0.717) is 23.7 Å². The van der Waals surface area contributed by atoms with Crippen molar-refractivity contribution in [3.05, 3.63) is 0 Å². The lowest BCUT2D eigenvalue weighted by Gasteiger charge is -2.30. The minimum atomic E-state index is -0.0533. The number of carbonyl (C=O) groups is 1. The second-order valence-electron chi connectivity index (χ2n) is 7.23. The molecule has 4 atom stereocenters. The molecule has 1 saturated carbocycles. The molecule has 3 aliphatic rings. The Balaban J connectivity index is 1.45. The molecule has 0 aromatic carbocycles. The van der Waals surface area contributed by atoms with Gasteiger partial charge < -0.3 is 21.7 Å². The Morgan fingerprint density at radius 1 is 1.18 bits per heavy atom. The van der Waals surface area contributed by atoms with E-state index in [1.807, 2.05) is 0 Å². The monoisotopic (exact) mass is 307 g/mol. The summed E-state index contributed by atoms with van der Waals surface area (Å²) in [5.41, 5.74) is 5.65. The van der Waals surface area contributed by atoms with Gasteiger partial charge in [-0.2, -0.15) is 0 Å². The summed E-state index contributed by atoms with van der Waals surface area (Å²) in [7, 11) is 0. The van der Waals surface area contributed by atoms with Crippen LogP contribution in [0.2, 0.25) is 0 Å². The summed E-state index contributed by atoms with van der Waals surface area (Å²) in [4.78, 5) is 12.4. The van der Waals surface area contributed by atoms with Crippen LogP contribution < -0.4 is 21.7 Å². The molecule has 22 heavy (non-hydrogen) atoms. The Bertz CT molecular complexity index is 421. The van der Waals surface area contributed by atoms with E-state index in [-0.39, 0.29) is 17.9 Å². The van der Waals surface area contributed by atoms with Gasteiger partial charge in [-0.05, 0) is 63.5 Å². The summed E-state index contributed by atoms with van der Waals surface area (Å²) in [5, 5.41) is 17.6. The normalized spacial score (nSPS) is 35.8. The fraction of sp³-hybridized carbons (Fsp3) is 0.875. The van der Waals surface area contributed by atoms with Crippen molar-refractivity contribution in [3.63, 3.8) is 0 Å². The van der Waals surface area contributed by atoms with Crippen molar-refractivity contribution >= 4 is 11.7 Å². The summed E-state index contributed by atoms with van der Waals surface area (Å²) >= 11 is 0. The zero-order valence-electron chi connectivity index (χ0n) is 13.2. The highest BCUT2D eigenvalue weighted by Gasteiger charge is 2.41. The SMILES string of the molecule is N=C(N)C1CCC2CC(C(=O)NCC3CCNCC3)NC2C1. The summed E-state index contributed by atoms with van der Waals surface area (Å²) in [6, 6.07) is 0.305. The number of nitrogens with two attached hydrogens (primary N) is 1. The van der Waals surface area contributed by atoms with Crippen molar-refractivity contribution in [2.75, 3.05) is 19.6 Å². The fourth-order valence-corrected chi connectivity index (χ4v) is 4.27. The lowest BCUT2D eigenvalue weighted by molar-refractivity contribution is -0.123. The predicted octanol–water partition coefficient (Wildman–Crippen LogP) is 0.185. The van der Waals surface area contributed by atoms with Gasteiger partial charge in [0, 0.05) is 18.5 Å². The van der Waals surface area contributed by atoms with Crippen LogP contribution in [0, 0.1) is 23.2 Å². The van der Waals surface area contributed by atoms with Crippen molar-refractivity contribution in [1.29, 1.82) is 5.41 Å². The molecule has 2 aliphatic heterocycles. The van der Waals surface area contributed by atoms with Crippen LogP contribution in [-0.2, 0) is 4.79 Å². The molecule has 0 spiro atoms. The van der Waals surface area contributed by atoms with Crippen LogP contribution >= 0.6 is 0 Å². The summed E-state index contributed by atoms with van der Waals surface area (Å²) in [5.74, 6) is 1.86. The van der Waals surface area contributed by atoms with Crippen LogP contribution in [-0.4, -0.2) is 43.5 Å². The molecule has 0 aromatic rings. The first-order valence-corrected chi connectivity index (χ1v) is 8.72. The molecule has 2 saturated heterocycles. The van der Waals surface area contributed by atoms with Gasteiger partial charge in [0.15, 0.2) is 0 Å². The van der Waals surface area contributed by atoms with E-state index in [1.54, 1.807) is 0 Å². The third kappa shape index (κ3) is 3.60. The van der Waals surface area contributed by atoms with Crippen molar-refractivity contribution in [3.8, 4) is 0 Å². The molecular weight excluding hydrogens is 278 g/mol. The number of piperidine rings is 1. The number of amides is 1. The Morgan fingerprint density at radius 2 is 1.95 bits per heavy atom. The van der Waals surface area contributed by atoms with Crippen molar-refractivity contribution in [2.45, 2.75) is 50.6 Å². The van der Waals surface area contributed by atoms with Crippen molar-refractivity contribution in [1.82, 2.24) is 16.0 Å². The van der Waals surface area contributed by atoms with Gasteiger partial charge in [0.2, 0.25) is 5.91 Å². The highest BCUT2D eigenvalue weighted by molar-refractivity contribution is 5.82. The standard InChI is InChI=1S/C16H29N5O/c17-15(18)12-2-1-11-7-14(21-13(11)8-12)16(22)20-9-10-3-5-19-6-4-10/h10-14,19,21H,1-9H2,(H3,17,18)(H,20,22). The molecule has 124 valence electrons. The van der Waals surface area contributed by atoms with E-state index in [1.165, 1.54) is 0 Å². The molecule has 6 N–H and O–H groups in total. The molecule has 3 fully saturated rings. The van der Waals surface area contributed by atoms with Gasteiger partial charge in [-0.1, -0.05) is 0 Å². The van der Waals surface area contributed by atoms with Crippen LogP contribution in [0.25, 0.3) is 0 Å². The average Bonchev–Trinajstić information content (AvgIpc) is 2.96. The number of amidine groups is 1. The maximum Gasteiger partial charge on any atom is 0.237 e. The Morgan fingerprint density at radius 3 is 2.68 bits per heavy atom. The summed E-state index contributed by atoms with van der Waals surface area (Å²) in [6.45, 7) is 2.95. The maximum atomic E-state index is 12.4. The first kappa shape index (κ1) is 15.7. The molecule has 0 bridgehead atoms. The van der Waals surface area contributed by atoms with Crippen LogP contribution in [0.1, 0.15) is 38.5 Å². The minimum absolute atomic E-state index is 0.0533. The van der Waals surface area contributed by atoms with Crippen LogP contribution in [0.15, 0.2) is 0 Å². The molecule has 2 heterocycles. The number of nitrogens with one attached hydrogen (secondary N) is 4. The molecular formula is C16H29N5O. The first-order chi connectivity index (χ1) is 10.6. The quantitative estimate of drug-likeness (QED) is 0.378. The zero-order valence-corrected chi connectivity index (χ0v) is 13.2. The van der Waals surface area contributed by atoms with Crippen molar-refractivity contribution in [2.24, 2.45) is 23.5 Å². The molecule has 6 heteroatoms. The summed E-state index contributed by atoms with van der Waals surface area (Å²) < 4.78 is 0. The minimum Gasteiger partial charge on any atom is -0.387 e. The number of fused-ring (bicyclic) bond motifs is 1. The number of carbonyl (C=O) groups excluding carboxylic acids is 1.